The van der Waals surface area contributed by atoms with E-state index in [1.54, 1.807) is 13.2 Å². The van der Waals surface area contributed by atoms with Crippen LogP contribution in [0.4, 0.5) is 0 Å². The minimum atomic E-state index is -0.738. The van der Waals surface area contributed by atoms with Crippen molar-refractivity contribution < 1.29 is 19.7 Å². The van der Waals surface area contributed by atoms with Gasteiger partial charge in [0.1, 0.15) is 5.75 Å². The van der Waals surface area contributed by atoms with Gasteiger partial charge in [0.05, 0.1) is 32.5 Å². The first kappa shape index (κ1) is 19.0. The lowest BCUT2D eigenvalue weighted by molar-refractivity contribution is -0.0463. The molecule has 4 heteroatoms. The Labute approximate surface area is 145 Å². The molecule has 0 amide bonds. The van der Waals surface area contributed by atoms with E-state index >= 15 is 0 Å². The van der Waals surface area contributed by atoms with E-state index in [2.05, 4.69) is 6.58 Å². The van der Waals surface area contributed by atoms with Crippen LogP contribution < -0.4 is 4.74 Å². The number of hydrogen-bond acceptors (Lipinski definition) is 4. The fraction of sp³-hybridized carbons (Fsp3) is 0.600. The van der Waals surface area contributed by atoms with Crippen molar-refractivity contribution in [3.8, 4) is 5.75 Å². The van der Waals surface area contributed by atoms with E-state index in [1.807, 2.05) is 24.3 Å². The summed E-state index contributed by atoms with van der Waals surface area (Å²) >= 11 is 0. The van der Waals surface area contributed by atoms with Crippen molar-refractivity contribution in [3.05, 3.63) is 42.5 Å². The third kappa shape index (κ3) is 5.33. The van der Waals surface area contributed by atoms with Gasteiger partial charge in [-0.3, -0.25) is 0 Å². The Bertz CT molecular complexity index is 479. The van der Waals surface area contributed by atoms with Crippen LogP contribution in [0.5, 0.6) is 5.75 Å². The molecule has 0 unspecified atom stereocenters. The van der Waals surface area contributed by atoms with Crippen LogP contribution in [0.3, 0.4) is 0 Å². The number of aliphatic hydroxyl groups is 2. The van der Waals surface area contributed by atoms with Crippen molar-refractivity contribution >= 4 is 0 Å². The van der Waals surface area contributed by atoms with E-state index in [0.29, 0.717) is 6.61 Å². The largest absolute Gasteiger partial charge is 0.497 e. The highest BCUT2D eigenvalue weighted by Crippen LogP contribution is 2.31. The van der Waals surface area contributed by atoms with Gasteiger partial charge in [0.15, 0.2) is 0 Å². The number of hydrogen-bond donors (Lipinski definition) is 2. The van der Waals surface area contributed by atoms with Crippen molar-refractivity contribution in [2.45, 2.75) is 50.9 Å². The third-order valence-electron chi connectivity index (χ3n) is 4.96. The SMILES string of the molecule is C=C[C@@H]([C@H](O)C1CCCCC1)[C@@H](O)COCc1ccc(OC)cc1. The molecule has 0 heterocycles. The molecule has 2 rings (SSSR count). The van der Waals surface area contributed by atoms with E-state index in [1.165, 1.54) is 6.42 Å². The fourth-order valence-corrected chi connectivity index (χ4v) is 3.44. The molecular formula is C20H30O4. The summed E-state index contributed by atoms with van der Waals surface area (Å²) in [4.78, 5) is 0. The first-order chi connectivity index (χ1) is 11.7. The Morgan fingerprint density at radius 2 is 1.83 bits per heavy atom. The first-order valence-corrected chi connectivity index (χ1v) is 8.85. The van der Waals surface area contributed by atoms with Crippen LogP contribution in [0.2, 0.25) is 0 Å². The van der Waals surface area contributed by atoms with Crippen LogP contribution in [-0.2, 0) is 11.3 Å². The van der Waals surface area contributed by atoms with Gasteiger partial charge in [0, 0.05) is 5.92 Å². The van der Waals surface area contributed by atoms with Gasteiger partial charge in [-0.15, -0.1) is 6.58 Å². The van der Waals surface area contributed by atoms with Crippen LogP contribution in [0.25, 0.3) is 0 Å². The number of ether oxygens (including phenoxy) is 2. The summed E-state index contributed by atoms with van der Waals surface area (Å²) in [7, 11) is 1.63. The Hall–Kier alpha value is -1.36. The molecule has 1 aromatic carbocycles. The standard InChI is InChI=1S/C20H30O4/c1-3-18(20(22)16-7-5-4-6-8-16)19(21)14-24-13-15-9-11-17(23-2)12-10-15/h3,9-12,16,18-22H,1,4-8,13-14H2,2H3/t18-,19+,20-/m1/s1. The maximum Gasteiger partial charge on any atom is 0.118 e. The molecule has 2 N–H and O–H groups in total. The zero-order chi connectivity index (χ0) is 17.4. The van der Waals surface area contributed by atoms with Gasteiger partial charge in [-0.1, -0.05) is 37.5 Å². The second-order valence-electron chi connectivity index (χ2n) is 6.63. The van der Waals surface area contributed by atoms with Crippen molar-refractivity contribution in [1.29, 1.82) is 0 Å². The molecule has 0 aromatic heterocycles. The van der Waals surface area contributed by atoms with E-state index in [4.69, 9.17) is 9.47 Å². The molecule has 24 heavy (non-hydrogen) atoms. The smallest absolute Gasteiger partial charge is 0.118 e. The van der Waals surface area contributed by atoms with E-state index in [0.717, 1.165) is 37.0 Å². The summed E-state index contributed by atoms with van der Waals surface area (Å²) in [6.45, 7) is 4.40. The molecule has 0 spiro atoms. The van der Waals surface area contributed by atoms with Gasteiger partial charge >= 0.3 is 0 Å². The third-order valence-corrected chi connectivity index (χ3v) is 4.96. The van der Waals surface area contributed by atoms with E-state index in [9.17, 15) is 10.2 Å². The molecule has 0 radical (unpaired) electrons. The van der Waals surface area contributed by atoms with Crippen LogP contribution in [0, 0.1) is 11.8 Å². The molecule has 1 aromatic rings. The molecular weight excluding hydrogens is 304 g/mol. The van der Waals surface area contributed by atoms with Crippen molar-refractivity contribution in [2.24, 2.45) is 11.8 Å². The van der Waals surface area contributed by atoms with E-state index < -0.39 is 12.2 Å². The summed E-state index contributed by atoms with van der Waals surface area (Å²) in [5.41, 5.74) is 1.02. The summed E-state index contributed by atoms with van der Waals surface area (Å²) < 4.78 is 10.7. The van der Waals surface area contributed by atoms with Crippen molar-refractivity contribution in [1.82, 2.24) is 0 Å². The van der Waals surface area contributed by atoms with Crippen LogP contribution in [-0.4, -0.2) is 36.1 Å². The number of benzene rings is 1. The molecule has 4 nitrogen and oxygen atoms in total. The van der Waals surface area contributed by atoms with E-state index in [-0.39, 0.29) is 18.4 Å². The molecule has 1 aliphatic carbocycles. The zero-order valence-electron chi connectivity index (χ0n) is 14.6. The predicted octanol–water partition coefficient (Wildman–Crippen LogP) is 3.32. The van der Waals surface area contributed by atoms with Gasteiger partial charge in [-0.2, -0.15) is 0 Å². The van der Waals surface area contributed by atoms with Gasteiger partial charge in [0.25, 0.3) is 0 Å². The summed E-state index contributed by atoms with van der Waals surface area (Å²) in [6.07, 6.45) is 6.03. The summed E-state index contributed by atoms with van der Waals surface area (Å²) in [5, 5.41) is 21.0. The predicted molar refractivity (Wildman–Crippen MR) is 94.9 cm³/mol. The molecule has 1 aliphatic rings. The topological polar surface area (TPSA) is 58.9 Å². The summed E-state index contributed by atoms with van der Waals surface area (Å²) in [5.74, 6) is 0.725. The number of methoxy groups -OCH3 is 1. The normalized spacial score (nSPS) is 19.5. The van der Waals surface area contributed by atoms with Crippen LogP contribution in [0.1, 0.15) is 37.7 Å². The molecule has 1 saturated carbocycles. The maximum atomic E-state index is 10.6. The summed E-state index contributed by atoms with van der Waals surface area (Å²) in [6, 6.07) is 7.64. The highest BCUT2D eigenvalue weighted by Gasteiger charge is 2.31. The van der Waals surface area contributed by atoms with Gasteiger partial charge in [-0.05, 0) is 36.5 Å². The van der Waals surface area contributed by atoms with Gasteiger partial charge in [-0.25, -0.2) is 0 Å². The molecule has 0 aliphatic heterocycles. The van der Waals surface area contributed by atoms with Crippen molar-refractivity contribution in [2.75, 3.05) is 13.7 Å². The second-order valence-corrected chi connectivity index (χ2v) is 6.63. The van der Waals surface area contributed by atoms with Crippen molar-refractivity contribution in [3.63, 3.8) is 0 Å². The Morgan fingerprint density at radius 1 is 1.17 bits per heavy atom. The zero-order valence-corrected chi connectivity index (χ0v) is 14.6. The highest BCUT2D eigenvalue weighted by molar-refractivity contribution is 5.26. The number of rotatable bonds is 9. The quantitative estimate of drug-likeness (QED) is 0.680. The minimum Gasteiger partial charge on any atom is -0.497 e. The van der Waals surface area contributed by atoms with Crippen LogP contribution in [0.15, 0.2) is 36.9 Å². The Balaban J connectivity index is 1.80. The molecule has 0 saturated heterocycles. The highest BCUT2D eigenvalue weighted by atomic mass is 16.5. The number of aliphatic hydroxyl groups excluding tert-OH is 2. The van der Waals surface area contributed by atoms with Crippen LogP contribution >= 0.6 is 0 Å². The first-order valence-electron chi connectivity index (χ1n) is 8.85. The van der Waals surface area contributed by atoms with Gasteiger partial charge in [0.2, 0.25) is 0 Å². The molecule has 1 fully saturated rings. The molecule has 3 atom stereocenters. The molecule has 0 bridgehead atoms. The molecule has 134 valence electrons. The lowest BCUT2D eigenvalue weighted by atomic mass is 9.79. The second kappa shape index (κ2) is 9.82. The Morgan fingerprint density at radius 3 is 2.42 bits per heavy atom. The lowest BCUT2D eigenvalue weighted by Gasteiger charge is -2.33. The maximum absolute atomic E-state index is 10.6. The van der Waals surface area contributed by atoms with Gasteiger partial charge < -0.3 is 19.7 Å². The average molecular weight is 334 g/mol. The minimum absolute atomic E-state index is 0.187. The fourth-order valence-electron chi connectivity index (χ4n) is 3.44. The average Bonchev–Trinajstić information content (AvgIpc) is 2.63. The lowest BCUT2D eigenvalue weighted by Crippen LogP contribution is -2.38. The monoisotopic (exact) mass is 334 g/mol. The Kier molecular flexibility index (Phi) is 7.76.